The summed E-state index contributed by atoms with van der Waals surface area (Å²) in [5.74, 6) is 0. The summed E-state index contributed by atoms with van der Waals surface area (Å²) < 4.78 is 0. The van der Waals surface area contributed by atoms with Gasteiger partial charge in [0.25, 0.3) is 0 Å². The van der Waals surface area contributed by atoms with E-state index in [0.717, 1.165) is 0 Å². The Labute approximate surface area is 41.3 Å². The predicted octanol–water partition coefficient (Wildman–Crippen LogP) is 0.237. The van der Waals surface area contributed by atoms with Crippen LogP contribution in [0.4, 0.5) is 0 Å². The molecule has 0 N–H and O–H groups in total. The van der Waals surface area contributed by atoms with Gasteiger partial charge in [0.15, 0.2) is 0 Å². The Morgan fingerprint density at radius 2 is 1.67 bits per heavy atom. The van der Waals surface area contributed by atoms with Crippen molar-refractivity contribution in [1.29, 1.82) is 10.5 Å². The molecular formula is C3H3AsN2. The fraction of sp³-hybridized carbons (Fsp3) is 0.333. The predicted molar refractivity (Wildman–Crippen MR) is 22.8 cm³/mol. The van der Waals surface area contributed by atoms with Crippen molar-refractivity contribution >= 4 is 14.7 Å². The molecule has 30 valence electrons. The van der Waals surface area contributed by atoms with E-state index < -0.39 is 14.7 Å². The Morgan fingerprint density at radius 1 is 1.33 bits per heavy atom. The first-order chi connectivity index (χ1) is 2.81. The van der Waals surface area contributed by atoms with Gasteiger partial charge in [-0.15, -0.1) is 0 Å². The second-order valence-electron chi connectivity index (χ2n) is 0.759. The van der Waals surface area contributed by atoms with E-state index >= 15 is 0 Å². The van der Waals surface area contributed by atoms with Crippen LogP contribution in [0.2, 0.25) is 5.71 Å². The van der Waals surface area contributed by atoms with Gasteiger partial charge in [0.05, 0.1) is 0 Å². The van der Waals surface area contributed by atoms with Crippen molar-refractivity contribution in [2.45, 2.75) is 5.71 Å². The fourth-order valence-electron chi connectivity index (χ4n) is 0.0224. The molecule has 0 fully saturated rings. The zero-order chi connectivity index (χ0) is 4.99. The van der Waals surface area contributed by atoms with E-state index in [0.29, 0.717) is 0 Å². The summed E-state index contributed by atoms with van der Waals surface area (Å²) in [6.45, 7) is 0. The van der Waals surface area contributed by atoms with Crippen molar-refractivity contribution in [2.24, 2.45) is 0 Å². The molecule has 0 aromatic rings. The minimum absolute atomic E-state index is 1.60. The molecular weight excluding hydrogens is 139 g/mol. The van der Waals surface area contributed by atoms with Crippen LogP contribution in [0.3, 0.4) is 0 Å². The van der Waals surface area contributed by atoms with Crippen molar-refractivity contribution in [3.8, 4) is 9.71 Å². The molecule has 0 saturated carbocycles. The molecule has 0 aliphatic carbocycles. The first kappa shape index (κ1) is 5.54. The number of hydrogen-bond acceptors (Lipinski definition) is 2. The van der Waals surface area contributed by atoms with Crippen LogP contribution in [0, 0.1) is 20.2 Å². The van der Waals surface area contributed by atoms with Crippen molar-refractivity contribution in [3.63, 3.8) is 0 Å². The van der Waals surface area contributed by atoms with Gasteiger partial charge in [-0.3, -0.25) is 0 Å². The van der Waals surface area contributed by atoms with Gasteiger partial charge >= 0.3 is 40.6 Å². The van der Waals surface area contributed by atoms with Crippen molar-refractivity contribution < 1.29 is 0 Å². The molecule has 0 unspecified atom stereocenters. The third kappa shape index (κ3) is 1.82. The topological polar surface area (TPSA) is 47.6 Å². The first-order valence-electron chi connectivity index (χ1n) is 1.34. The van der Waals surface area contributed by atoms with Crippen LogP contribution < -0.4 is 0 Å². The van der Waals surface area contributed by atoms with Gasteiger partial charge in [-0.05, 0) is 0 Å². The van der Waals surface area contributed by atoms with E-state index in [9.17, 15) is 0 Å². The van der Waals surface area contributed by atoms with Crippen molar-refractivity contribution in [2.75, 3.05) is 0 Å². The van der Waals surface area contributed by atoms with E-state index in [-0.39, 0.29) is 0 Å². The molecule has 0 atom stereocenters. The second kappa shape index (κ2) is 2.76. The molecule has 0 heterocycles. The second-order valence-corrected chi connectivity index (χ2v) is 3.94. The molecule has 3 heteroatoms. The normalized spacial score (nSPS) is 6.67. The fourth-order valence-corrected chi connectivity index (χ4v) is 0.116. The monoisotopic (exact) mass is 142 g/mol. The first-order valence-corrected chi connectivity index (χ1v) is 5.09. The van der Waals surface area contributed by atoms with Crippen molar-refractivity contribution in [3.05, 3.63) is 0 Å². The summed E-state index contributed by atoms with van der Waals surface area (Å²) in [5.41, 5.74) is 1.70. The maximum atomic E-state index is 7.93. The van der Waals surface area contributed by atoms with Crippen LogP contribution in [0.5, 0.6) is 0 Å². The van der Waals surface area contributed by atoms with Crippen LogP contribution in [0.25, 0.3) is 0 Å². The summed E-state index contributed by atoms with van der Waals surface area (Å²) in [5, 5.41) is 15.9. The van der Waals surface area contributed by atoms with Crippen LogP contribution in [0.15, 0.2) is 0 Å². The van der Waals surface area contributed by atoms with Gasteiger partial charge < -0.3 is 0 Å². The number of nitrogens with zero attached hydrogens (tertiary/aromatic N) is 2. The molecule has 0 spiro atoms. The molecule has 0 amide bonds. The van der Waals surface area contributed by atoms with Gasteiger partial charge in [-0.1, -0.05) is 0 Å². The van der Waals surface area contributed by atoms with E-state index in [1.54, 1.807) is 5.71 Å². The summed E-state index contributed by atoms with van der Waals surface area (Å²) >= 11 is -1.60. The van der Waals surface area contributed by atoms with E-state index in [1.807, 2.05) is 9.71 Å². The van der Waals surface area contributed by atoms with Crippen molar-refractivity contribution in [1.82, 2.24) is 0 Å². The zero-order valence-electron chi connectivity index (χ0n) is 3.34. The van der Waals surface area contributed by atoms with E-state index in [2.05, 4.69) is 0 Å². The number of hydrogen-bond donors (Lipinski definition) is 0. The maximum absolute atomic E-state index is 7.93. The molecule has 0 saturated heterocycles. The van der Waals surface area contributed by atoms with Crippen LogP contribution in [0.1, 0.15) is 0 Å². The number of nitriles is 2. The number of rotatable bonds is 0. The van der Waals surface area contributed by atoms with Crippen LogP contribution in [-0.2, 0) is 0 Å². The molecule has 0 rings (SSSR count). The van der Waals surface area contributed by atoms with E-state index in [1.165, 1.54) is 0 Å². The molecule has 0 aromatic heterocycles. The SMILES string of the molecule is C[As](C#N)C#N. The molecule has 0 bridgehead atoms. The molecule has 0 aromatic carbocycles. The Bertz CT molecular complexity index is 92.9. The van der Waals surface area contributed by atoms with Gasteiger partial charge in [-0.2, -0.15) is 0 Å². The third-order valence-electron chi connectivity index (χ3n) is 0.300. The average molecular weight is 142 g/mol. The van der Waals surface area contributed by atoms with Crippen LogP contribution in [-0.4, -0.2) is 14.7 Å². The Kier molecular flexibility index (Phi) is 2.55. The van der Waals surface area contributed by atoms with Crippen LogP contribution >= 0.6 is 0 Å². The van der Waals surface area contributed by atoms with Gasteiger partial charge in [0, 0.05) is 0 Å². The quantitative estimate of drug-likeness (QED) is 0.454. The Hall–Kier alpha value is -0.462. The third-order valence-corrected chi connectivity index (χ3v) is 1.56. The van der Waals surface area contributed by atoms with Gasteiger partial charge in [0.1, 0.15) is 0 Å². The van der Waals surface area contributed by atoms with Gasteiger partial charge in [-0.25, -0.2) is 0 Å². The van der Waals surface area contributed by atoms with Gasteiger partial charge in [0.2, 0.25) is 0 Å². The summed E-state index contributed by atoms with van der Waals surface area (Å²) in [4.78, 5) is 3.80. The molecule has 0 radical (unpaired) electrons. The summed E-state index contributed by atoms with van der Waals surface area (Å²) in [6, 6.07) is 0. The molecule has 0 aliphatic heterocycles. The summed E-state index contributed by atoms with van der Waals surface area (Å²) in [7, 11) is 0. The minimum atomic E-state index is -1.60. The Balaban J connectivity index is 3.40. The average Bonchev–Trinajstić information content (AvgIpc) is 1.65. The molecule has 0 aliphatic rings. The zero-order valence-corrected chi connectivity index (χ0v) is 5.22. The molecule has 2 nitrogen and oxygen atoms in total. The van der Waals surface area contributed by atoms with E-state index in [4.69, 9.17) is 10.5 Å². The standard InChI is InChI=1S/C3H3AsN2/c1-4(2-5)3-6/h1H3. The Morgan fingerprint density at radius 3 is 1.67 bits per heavy atom. The molecule has 6 heavy (non-hydrogen) atoms. The summed E-state index contributed by atoms with van der Waals surface area (Å²) in [6.07, 6.45) is 0.